The van der Waals surface area contributed by atoms with Crippen LogP contribution in [-0.4, -0.2) is 49.4 Å². The lowest BCUT2D eigenvalue weighted by atomic mass is 9.74. The molecular weight excluding hydrogens is 460 g/mol. The molecule has 9 nitrogen and oxygen atoms in total. The van der Waals surface area contributed by atoms with Crippen molar-refractivity contribution in [3.05, 3.63) is 22.5 Å². The highest BCUT2D eigenvalue weighted by atomic mass is 35.5. The molecule has 0 unspecified atom stereocenters. The summed E-state index contributed by atoms with van der Waals surface area (Å²) in [5, 5.41) is 9.37. The zero-order valence-electron chi connectivity index (χ0n) is 20.0. The van der Waals surface area contributed by atoms with Gasteiger partial charge in [-0.05, 0) is 31.7 Å². The van der Waals surface area contributed by atoms with Crippen molar-refractivity contribution in [2.24, 2.45) is 0 Å². The van der Waals surface area contributed by atoms with E-state index < -0.39 is 17.0 Å². The fraction of sp³-hybridized carbons (Fsp3) is 0.625. The van der Waals surface area contributed by atoms with Gasteiger partial charge in [-0.15, -0.1) is 0 Å². The van der Waals surface area contributed by atoms with E-state index in [1.54, 1.807) is 13.2 Å². The van der Waals surface area contributed by atoms with Gasteiger partial charge in [-0.2, -0.15) is 0 Å². The number of urea groups is 1. The Morgan fingerprint density at radius 2 is 1.91 bits per heavy atom. The van der Waals surface area contributed by atoms with Crippen molar-refractivity contribution in [1.82, 2.24) is 15.6 Å². The molecule has 0 bridgehead atoms. The van der Waals surface area contributed by atoms with Gasteiger partial charge in [0.25, 0.3) is 5.89 Å². The van der Waals surface area contributed by atoms with E-state index in [0.717, 1.165) is 37.7 Å². The van der Waals surface area contributed by atoms with E-state index in [-0.39, 0.29) is 11.9 Å². The third-order valence-corrected chi connectivity index (χ3v) is 7.15. The number of rotatable bonds is 4. The standard InChI is InChI=1S/C22H27ClN4O5.C2H6/c1-30-12-21(7-9-31-10-8-21)26-18(28)19-24-14-11-13(23)16-15(17(14)32-19)22(27-20(29)25-16)5-3-2-4-6-22;1-2/h11H,2-10,12H2,1H3,(H,26,28)(H2,25,27,29);1-2H3. The average molecular weight is 493 g/mol. The number of benzene rings is 1. The molecule has 1 spiro atoms. The van der Waals surface area contributed by atoms with Gasteiger partial charge in [-0.3, -0.25) is 4.79 Å². The van der Waals surface area contributed by atoms with E-state index in [9.17, 15) is 9.59 Å². The van der Waals surface area contributed by atoms with Gasteiger partial charge in [0.2, 0.25) is 0 Å². The topological polar surface area (TPSA) is 115 Å². The van der Waals surface area contributed by atoms with Crippen molar-refractivity contribution in [3.8, 4) is 0 Å². The van der Waals surface area contributed by atoms with Crippen LogP contribution in [0, 0.1) is 0 Å². The van der Waals surface area contributed by atoms with Crippen molar-refractivity contribution < 1.29 is 23.5 Å². The van der Waals surface area contributed by atoms with Crippen molar-refractivity contribution in [2.45, 2.75) is 69.9 Å². The maximum absolute atomic E-state index is 13.2. The first-order valence-electron chi connectivity index (χ1n) is 12.1. The summed E-state index contributed by atoms with van der Waals surface area (Å²) in [6, 6.07) is 1.36. The summed E-state index contributed by atoms with van der Waals surface area (Å²) >= 11 is 6.54. The number of carbonyl (C=O) groups excluding carboxylic acids is 2. The average Bonchev–Trinajstić information content (AvgIpc) is 3.25. The number of oxazole rings is 1. The first-order chi connectivity index (χ1) is 16.5. The molecule has 10 heteroatoms. The number of nitrogens with one attached hydrogen (secondary N) is 3. The van der Waals surface area contributed by atoms with Gasteiger partial charge in [-0.1, -0.05) is 44.7 Å². The molecule has 34 heavy (non-hydrogen) atoms. The van der Waals surface area contributed by atoms with Crippen molar-refractivity contribution in [1.29, 1.82) is 0 Å². The van der Waals surface area contributed by atoms with Crippen LogP contribution in [0.1, 0.15) is 75.0 Å². The predicted molar refractivity (Wildman–Crippen MR) is 129 cm³/mol. The third-order valence-electron chi connectivity index (χ3n) is 6.85. The van der Waals surface area contributed by atoms with Crippen LogP contribution in [-0.2, 0) is 15.0 Å². The summed E-state index contributed by atoms with van der Waals surface area (Å²) in [7, 11) is 1.61. The lowest BCUT2D eigenvalue weighted by Crippen LogP contribution is -2.55. The highest BCUT2D eigenvalue weighted by Gasteiger charge is 2.44. The number of hydrogen-bond donors (Lipinski definition) is 3. The van der Waals surface area contributed by atoms with Crippen LogP contribution in [0.25, 0.3) is 11.1 Å². The zero-order chi connectivity index (χ0) is 24.3. The molecule has 186 valence electrons. The van der Waals surface area contributed by atoms with Crippen molar-refractivity contribution in [2.75, 3.05) is 32.2 Å². The van der Waals surface area contributed by atoms with Gasteiger partial charge < -0.3 is 29.8 Å². The smallest absolute Gasteiger partial charge is 0.319 e. The van der Waals surface area contributed by atoms with Crippen molar-refractivity contribution >= 4 is 40.3 Å². The lowest BCUT2D eigenvalue weighted by Gasteiger charge is -2.42. The normalized spacial score (nSPS) is 20.5. The summed E-state index contributed by atoms with van der Waals surface area (Å²) < 4.78 is 16.9. The summed E-state index contributed by atoms with van der Waals surface area (Å²) in [6.07, 6.45) is 5.93. The van der Waals surface area contributed by atoms with Crippen LogP contribution < -0.4 is 16.0 Å². The Labute approximate surface area is 204 Å². The van der Waals surface area contributed by atoms with E-state index in [1.165, 1.54) is 0 Å². The molecule has 5 rings (SSSR count). The van der Waals surface area contributed by atoms with Gasteiger partial charge in [-0.25, -0.2) is 9.78 Å². The number of aromatic nitrogens is 1. The minimum absolute atomic E-state index is 0.0331. The Kier molecular flexibility index (Phi) is 7.35. The van der Waals surface area contributed by atoms with Gasteiger partial charge >= 0.3 is 11.9 Å². The Bertz CT molecular complexity index is 1050. The number of carbonyl (C=O) groups is 2. The maximum Gasteiger partial charge on any atom is 0.319 e. The molecule has 3 heterocycles. The second kappa shape index (κ2) is 10.1. The number of ether oxygens (including phenoxy) is 2. The van der Waals surface area contributed by atoms with Crippen LogP contribution in [0.5, 0.6) is 0 Å². The lowest BCUT2D eigenvalue weighted by molar-refractivity contribution is 0.00145. The highest BCUT2D eigenvalue weighted by molar-refractivity contribution is 6.35. The molecular formula is C24H33ClN4O5. The van der Waals surface area contributed by atoms with Crippen molar-refractivity contribution in [3.63, 3.8) is 0 Å². The fourth-order valence-corrected chi connectivity index (χ4v) is 5.55. The minimum atomic E-state index is -0.579. The molecule has 2 aromatic rings. The first-order valence-corrected chi connectivity index (χ1v) is 12.5. The summed E-state index contributed by atoms with van der Waals surface area (Å²) in [6.45, 7) is 5.48. The molecule has 1 aromatic carbocycles. The van der Waals surface area contributed by atoms with Gasteiger partial charge in [0, 0.05) is 25.9 Å². The molecule has 1 aliphatic carbocycles. The molecule has 0 atom stereocenters. The maximum atomic E-state index is 13.2. The molecule has 3 aliphatic rings. The van der Waals surface area contributed by atoms with Crippen LogP contribution in [0.2, 0.25) is 5.02 Å². The zero-order valence-corrected chi connectivity index (χ0v) is 20.8. The second-order valence-corrected chi connectivity index (χ2v) is 9.38. The largest absolute Gasteiger partial charge is 0.432 e. The van der Waals surface area contributed by atoms with Gasteiger partial charge in [0.15, 0.2) is 5.58 Å². The Balaban J connectivity index is 0.00000133. The van der Waals surface area contributed by atoms with E-state index >= 15 is 0 Å². The predicted octanol–water partition coefficient (Wildman–Crippen LogP) is 4.73. The quantitative estimate of drug-likeness (QED) is 0.568. The second-order valence-electron chi connectivity index (χ2n) is 8.98. The molecule has 1 saturated heterocycles. The molecule has 0 radical (unpaired) electrons. The van der Waals surface area contributed by atoms with Crippen LogP contribution in [0.3, 0.4) is 0 Å². The first kappa shape index (κ1) is 24.8. The number of anilines is 1. The van der Waals surface area contributed by atoms with Crippen LogP contribution in [0.15, 0.2) is 10.5 Å². The highest BCUT2D eigenvalue weighted by Crippen LogP contribution is 2.48. The molecule has 1 aromatic heterocycles. The van der Waals surface area contributed by atoms with E-state index in [2.05, 4.69) is 20.9 Å². The van der Waals surface area contributed by atoms with Crippen LogP contribution in [0.4, 0.5) is 10.5 Å². The van der Waals surface area contributed by atoms with Crippen LogP contribution >= 0.6 is 11.6 Å². The fourth-order valence-electron chi connectivity index (χ4n) is 5.30. The number of amides is 3. The number of halogens is 1. The molecule has 2 aliphatic heterocycles. The molecule has 3 N–H and O–H groups in total. The number of hydrogen-bond acceptors (Lipinski definition) is 6. The monoisotopic (exact) mass is 492 g/mol. The molecule has 1 saturated carbocycles. The van der Waals surface area contributed by atoms with Gasteiger partial charge in [0.1, 0.15) is 5.52 Å². The van der Waals surface area contributed by atoms with E-state index in [1.807, 2.05) is 13.8 Å². The third kappa shape index (κ3) is 4.48. The Morgan fingerprint density at radius 1 is 1.21 bits per heavy atom. The van der Waals surface area contributed by atoms with Gasteiger partial charge in [0.05, 0.1) is 28.4 Å². The summed E-state index contributed by atoms with van der Waals surface area (Å²) in [5.74, 6) is -0.440. The van der Waals surface area contributed by atoms with E-state index in [0.29, 0.717) is 54.5 Å². The molecule has 2 fully saturated rings. The number of nitrogens with zero attached hydrogens (tertiary/aromatic N) is 1. The summed E-state index contributed by atoms with van der Waals surface area (Å²) in [5.41, 5.74) is 1.19. The summed E-state index contributed by atoms with van der Waals surface area (Å²) in [4.78, 5) is 30.0. The Hall–Kier alpha value is -2.36. The minimum Gasteiger partial charge on any atom is -0.432 e. The SMILES string of the molecule is CC.COCC1(NC(=O)c2nc3cc(Cl)c4c(c3o2)C2(CCCCC2)NC(=O)N4)CCOCC1. The number of methoxy groups -OCH3 is 1. The Morgan fingerprint density at radius 3 is 2.59 bits per heavy atom. The number of fused-ring (bicyclic) bond motifs is 4. The molecule has 3 amide bonds. The van der Waals surface area contributed by atoms with E-state index in [4.69, 9.17) is 25.5 Å².